The van der Waals surface area contributed by atoms with Gasteiger partial charge in [0.05, 0.1) is 18.7 Å². The number of aryl methyl sites for hydroxylation is 1. The second kappa shape index (κ2) is 10.8. The first-order valence-corrected chi connectivity index (χ1v) is 12.4. The molecule has 2 fully saturated rings. The van der Waals surface area contributed by atoms with Crippen LogP contribution in [-0.4, -0.2) is 50.2 Å². The molecule has 2 saturated heterocycles. The molecule has 5 N–H and O–H groups in total. The van der Waals surface area contributed by atoms with Crippen molar-refractivity contribution in [1.82, 2.24) is 21.4 Å². The van der Waals surface area contributed by atoms with Crippen LogP contribution in [0.15, 0.2) is 18.2 Å². The van der Waals surface area contributed by atoms with E-state index in [1.165, 1.54) is 11.1 Å². The fraction of sp³-hybridized carbons (Fsp3) is 0.720. The highest BCUT2D eigenvalue weighted by atomic mass is 16.7. The van der Waals surface area contributed by atoms with Crippen molar-refractivity contribution < 1.29 is 19.5 Å². The van der Waals surface area contributed by atoms with Gasteiger partial charge in [-0.15, -0.1) is 0 Å². The number of piperidine rings is 1. The van der Waals surface area contributed by atoms with Gasteiger partial charge in [0.15, 0.2) is 6.23 Å². The summed E-state index contributed by atoms with van der Waals surface area (Å²) < 4.78 is 5.14. The number of ether oxygens (including phenoxy) is 1. The lowest BCUT2D eigenvalue weighted by Gasteiger charge is -2.44. The Morgan fingerprint density at radius 1 is 1.39 bits per heavy atom. The smallest absolute Gasteiger partial charge is 0.237 e. The number of aliphatic hydroxyl groups excluding tert-OH is 1. The molecule has 0 aromatic heterocycles. The molecule has 1 amide bonds. The largest absolute Gasteiger partial charge is 0.396 e. The molecule has 2 heterocycles. The number of methoxy groups -OCH3 is 1. The minimum absolute atomic E-state index is 0.0336. The summed E-state index contributed by atoms with van der Waals surface area (Å²) in [6.45, 7) is 5.82. The SMILES string of the molecule is CCCCC1(C)CNC(C(=O)N[C@@H]2CCc3cc(C4NOC(COC)N4)ccc32)CC1CO. The number of benzene rings is 1. The van der Waals surface area contributed by atoms with Crippen molar-refractivity contribution in [2.75, 3.05) is 26.9 Å². The van der Waals surface area contributed by atoms with E-state index in [4.69, 9.17) is 9.57 Å². The second-order valence-corrected chi connectivity index (χ2v) is 10.1. The maximum absolute atomic E-state index is 13.1. The third-order valence-electron chi connectivity index (χ3n) is 7.79. The zero-order chi connectivity index (χ0) is 23.4. The predicted octanol–water partition coefficient (Wildman–Crippen LogP) is 2.05. The summed E-state index contributed by atoms with van der Waals surface area (Å²) in [5.74, 6) is 0.192. The number of carbonyl (C=O) groups is 1. The van der Waals surface area contributed by atoms with Crippen LogP contribution in [0.25, 0.3) is 0 Å². The molecule has 0 radical (unpaired) electrons. The van der Waals surface area contributed by atoms with Gasteiger partial charge in [-0.2, -0.15) is 5.48 Å². The van der Waals surface area contributed by atoms with E-state index in [0.717, 1.165) is 44.2 Å². The molecular formula is C25H40N4O4. The molecule has 33 heavy (non-hydrogen) atoms. The number of hydrogen-bond acceptors (Lipinski definition) is 7. The summed E-state index contributed by atoms with van der Waals surface area (Å²) >= 11 is 0. The van der Waals surface area contributed by atoms with Crippen LogP contribution in [0.1, 0.15) is 74.8 Å². The minimum atomic E-state index is -0.248. The number of unbranched alkanes of at least 4 members (excludes halogenated alkanes) is 1. The molecular weight excluding hydrogens is 420 g/mol. The van der Waals surface area contributed by atoms with Crippen LogP contribution in [0.5, 0.6) is 0 Å². The Morgan fingerprint density at radius 3 is 3.00 bits per heavy atom. The van der Waals surface area contributed by atoms with Gasteiger partial charge < -0.3 is 20.5 Å². The predicted molar refractivity (Wildman–Crippen MR) is 126 cm³/mol. The fourth-order valence-electron chi connectivity index (χ4n) is 5.56. The number of carbonyl (C=O) groups excluding carboxylic acids is 1. The molecule has 1 aliphatic carbocycles. The average Bonchev–Trinajstić information content (AvgIpc) is 3.45. The number of amides is 1. The first kappa shape index (κ1) is 24.6. The highest BCUT2D eigenvalue weighted by molar-refractivity contribution is 5.82. The van der Waals surface area contributed by atoms with Crippen LogP contribution >= 0.6 is 0 Å². The van der Waals surface area contributed by atoms with Crippen LogP contribution in [0.2, 0.25) is 0 Å². The summed E-state index contributed by atoms with van der Waals surface area (Å²) in [4.78, 5) is 18.6. The molecule has 2 aliphatic heterocycles. The summed E-state index contributed by atoms with van der Waals surface area (Å²) in [5, 5.41) is 20.1. The van der Waals surface area contributed by atoms with Gasteiger partial charge in [0.2, 0.25) is 5.91 Å². The highest BCUT2D eigenvalue weighted by Gasteiger charge is 2.41. The molecule has 5 unspecified atom stereocenters. The van der Waals surface area contributed by atoms with Gasteiger partial charge in [0.25, 0.3) is 0 Å². The second-order valence-electron chi connectivity index (χ2n) is 10.1. The molecule has 0 bridgehead atoms. The van der Waals surface area contributed by atoms with Gasteiger partial charge in [-0.3, -0.25) is 14.9 Å². The maximum atomic E-state index is 13.1. The lowest BCUT2D eigenvalue weighted by molar-refractivity contribution is -0.126. The summed E-state index contributed by atoms with van der Waals surface area (Å²) in [5.41, 5.74) is 6.66. The summed E-state index contributed by atoms with van der Waals surface area (Å²) in [6.07, 6.45) is 5.66. The van der Waals surface area contributed by atoms with Crippen molar-refractivity contribution in [3.8, 4) is 0 Å². The normalized spacial score (nSPS) is 33.8. The van der Waals surface area contributed by atoms with Gasteiger partial charge >= 0.3 is 0 Å². The van der Waals surface area contributed by atoms with Crippen LogP contribution in [0.3, 0.4) is 0 Å². The number of hydrogen-bond donors (Lipinski definition) is 5. The standard InChI is InChI=1S/C25H40N4O4/c1-4-5-10-25(2)15-26-21(12-18(25)13-30)24(31)27-20-9-7-16-11-17(6-8-19(16)20)23-28-22(14-32-3)33-29-23/h6,8,11,18,20-23,26,28-30H,4-5,7,9-10,12-15H2,1-3H3,(H,27,31)/t18?,20-,21?,22?,23?,25?/m1/s1. The van der Waals surface area contributed by atoms with Crippen LogP contribution in [0.4, 0.5) is 0 Å². The summed E-state index contributed by atoms with van der Waals surface area (Å²) in [7, 11) is 1.65. The molecule has 6 atom stereocenters. The van der Waals surface area contributed by atoms with Crippen LogP contribution in [-0.2, 0) is 20.8 Å². The van der Waals surface area contributed by atoms with E-state index in [9.17, 15) is 9.90 Å². The van der Waals surface area contributed by atoms with E-state index in [1.54, 1.807) is 7.11 Å². The van der Waals surface area contributed by atoms with E-state index in [1.807, 2.05) is 0 Å². The zero-order valence-corrected chi connectivity index (χ0v) is 20.2. The number of rotatable bonds is 9. The Hall–Kier alpha value is -1.55. The molecule has 0 saturated carbocycles. The van der Waals surface area contributed by atoms with E-state index < -0.39 is 0 Å². The molecule has 0 spiro atoms. The lowest BCUT2D eigenvalue weighted by atomic mass is 9.68. The number of aliphatic hydroxyl groups is 1. The Kier molecular flexibility index (Phi) is 8.04. The van der Waals surface area contributed by atoms with Gasteiger partial charge in [-0.1, -0.05) is 44.9 Å². The van der Waals surface area contributed by atoms with E-state index in [0.29, 0.717) is 13.0 Å². The lowest BCUT2D eigenvalue weighted by Crippen LogP contribution is -2.56. The van der Waals surface area contributed by atoms with Crippen molar-refractivity contribution in [3.05, 3.63) is 34.9 Å². The molecule has 1 aromatic rings. The van der Waals surface area contributed by atoms with Crippen molar-refractivity contribution >= 4 is 5.91 Å². The van der Waals surface area contributed by atoms with Crippen molar-refractivity contribution in [1.29, 1.82) is 0 Å². The van der Waals surface area contributed by atoms with Gasteiger partial charge in [0.1, 0.15) is 6.17 Å². The van der Waals surface area contributed by atoms with Gasteiger partial charge in [-0.05, 0) is 53.7 Å². The zero-order valence-electron chi connectivity index (χ0n) is 20.2. The molecule has 8 nitrogen and oxygen atoms in total. The number of nitrogens with one attached hydrogen (secondary N) is 4. The Morgan fingerprint density at radius 2 is 2.24 bits per heavy atom. The number of fused-ring (bicyclic) bond motifs is 1. The fourth-order valence-corrected chi connectivity index (χ4v) is 5.56. The van der Waals surface area contributed by atoms with Crippen molar-refractivity contribution in [2.24, 2.45) is 11.3 Å². The molecule has 3 aliphatic rings. The van der Waals surface area contributed by atoms with Crippen LogP contribution < -0.4 is 21.4 Å². The Labute approximate surface area is 197 Å². The van der Waals surface area contributed by atoms with Crippen molar-refractivity contribution in [2.45, 2.75) is 76.8 Å². The molecule has 1 aromatic carbocycles. The van der Waals surface area contributed by atoms with Gasteiger partial charge in [-0.25, -0.2) is 0 Å². The molecule has 184 valence electrons. The maximum Gasteiger partial charge on any atom is 0.237 e. The minimum Gasteiger partial charge on any atom is -0.396 e. The van der Waals surface area contributed by atoms with E-state index in [-0.39, 0.29) is 48.3 Å². The monoisotopic (exact) mass is 460 g/mol. The number of hydroxylamine groups is 1. The average molecular weight is 461 g/mol. The quantitative estimate of drug-likeness (QED) is 0.384. The van der Waals surface area contributed by atoms with E-state index >= 15 is 0 Å². The topological polar surface area (TPSA) is 104 Å². The molecule has 8 heteroatoms. The first-order chi connectivity index (χ1) is 16.0. The third-order valence-corrected chi connectivity index (χ3v) is 7.79. The molecule has 4 rings (SSSR count). The Balaban J connectivity index is 1.35. The van der Waals surface area contributed by atoms with Gasteiger partial charge in [0, 0.05) is 20.3 Å². The first-order valence-electron chi connectivity index (χ1n) is 12.4. The summed E-state index contributed by atoms with van der Waals surface area (Å²) in [6, 6.07) is 6.20. The Bertz CT molecular complexity index is 822. The highest BCUT2D eigenvalue weighted by Crippen LogP contribution is 2.39. The van der Waals surface area contributed by atoms with Crippen LogP contribution in [0, 0.1) is 11.3 Å². The van der Waals surface area contributed by atoms with E-state index in [2.05, 4.69) is 53.5 Å². The van der Waals surface area contributed by atoms with Crippen molar-refractivity contribution in [3.63, 3.8) is 0 Å². The third kappa shape index (κ3) is 5.42.